The highest BCUT2D eigenvalue weighted by molar-refractivity contribution is 6.39. The number of hydrogen-bond acceptors (Lipinski definition) is 1. The van der Waals surface area contributed by atoms with Crippen LogP contribution in [0.2, 0.25) is 10.0 Å². The van der Waals surface area contributed by atoms with Gasteiger partial charge in [-0.15, -0.1) is 0 Å². The van der Waals surface area contributed by atoms with Gasteiger partial charge >= 0.3 is 0 Å². The van der Waals surface area contributed by atoms with Crippen LogP contribution in [0.25, 0.3) is 10.9 Å². The smallest absolute Gasteiger partial charge is 0.134 e. The fourth-order valence-electron chi connectivity index (χ4n) is 1.61. The Morgan fingerprint density at radius 3 is 2.35 bits per heavy atom. The third-order valence-electron chi connectivity index (χ3n) is 2.58. The number of fused-ring (bicyclic) bond motifs is 1. The van der Waals surface area contributed by atoms with Crippen LogP contribution in [-0.4, -0.2) is 4.98 Å². The van der Waals surface area contributed by atoms with Crippen molar-refractivity contribution in [1.82, 2.24) is 4.98 Å². The van der Waals surface area contributed by atoms with Gasteiger partial charge in [-0.2, -0.15) is 0 Å². The molecule has 0 radical (unpaired) electrons. The second-order valence-corrected chi connectivity index (χ2v) is 5.81. The van der Waals surface area contributed by atoms with Gasteiger partial charge in [0.15, 0.2) is 0 Å². The van der Waals surface area contributed by atoms with E-state index in [1.807, 2.05) is 20.8 Å². The predicted octanol–water partition coefficient (Wildman–Crippen LogP) is 4.98. The second kappa shape index (κ2) is 4.11. The van der Waals surface area contributed by atoms with Gasteiger partial charge in [0.2, 0.25) is 0 Å². The lowest BCUT2D eigenvalue weighted by molar-refractivity contribution is 0.571. The summed E-state index contributed by atoms with van der Waals surface area (Å²) in [4.78, 5) is 4.41. The molecule has 0 bridgehead atoms. The number of nitrogens with zero attached hydrogens (tertiary/aromatic N) is 1. The highest BCUT2D eigenvalue weighted by Gasteiger charge is 2.19. The summed E-state index contributed by atoms with van der Waals surface area (Å²) in [6.45, 7) is 6.06. The Balaban J connectivity index is 2.87. The highest BCUT2D eigenvalue weighted by atomic mass is 35.5. The van der Waals surface area contributed by atoms with Crippen LogP contribution >= 0.6 is 23.2 Å². The van der Waals surface area contributed by atoms with E-state index in [0.717, 1.165) is 5.69 Å². The summed E-state index contributed by atoms with van der Waals surface area (Å²) in [6, 6.07) is 4.49. The molecule has 0 atom stereocenters. The first-order valence-corrected chi connectivity index (χ1v) is 6.01. The largest absolute Gasteiger partial charge is 0.250 e. The zero-order valence-corrected chi connectivity index (χ0v) is 11.3. The molecule has 1 nitrogen and oxygen atoms in total. The van der Waals surface area contributed by atoms with Crippen LogP contribution in [0.3, 0.4) is 0 Å². The monoisotopic (exact) mass is 271 g/mol. The van der Waals surface area contributed by atoms with Crippen LogP contribution in [-0.2, 0) is 5.41 Å². The van der Waals surface area contributed by atoms with Gasteiger partial charge in [-0.3, -0.25) is 4.98 Å². The Bertz CT molecular complexity index is 588. The fraction of sp³-hybridized carbons (Fsp3) is 0.308. The maximum Gasteiger partial charge on any atom is 0.134 e. The van der Waals surface area contributed by atoms with E-state index in [4.69, 9.17) is 23.2 Å². The average molecular weight is 272 g/mol. The first-order valence-electron chi connectivity index (χ1n) is 5.25. The highest BCUT2D eigenvalue weighted by Crippen LogP contribution is 2.33. The van der Waals surface area contributed by atoms with Crippen molar-refractivity contribution in [2.75, 3.05) is 0 Å². The van der Waals surface area contributed by atoms with Crippen LogP contribution < -0.4 is 0 Å². The van der Waals surface area contributed by atoms with E-state index >= 15 is 0 Å². The van der Waals surface area contributed by atoms with Gasteiger partial charge < -0.3 is 0 Å². The van der Waals surface area contributed by atoms with Gasteiger partial charge in [0.05, 0.1) is 20.9 Å². The van der Waals surface area contributed by atoms with Crippen molar-refractivity contribution in [3.05, 3.63) is 39.8 Å². The second-order valence-electron chi connectivity index (χ2n) is 4.99. The first kappa shape index (κ1) is 12.6. The van der Waals surface area contributed by atoms with E-state index in [-0.39, 0.29) is 10.8 Å². The number of aromatic nitrogens is 1. The van der Waals surface area contributed by atoms with E-state index in [1.54, 1.807) is 6.07 Å². The fourth-order valence-corrected chi connectivity index (χ4v) is 2.09. The molecule has 17 heavy (non-hydrogen) atoms. The van der Waals surface area contributed by atoms with Crippen molar-refractivity contribution in [2.24, 2.45) is 0 Å². The van der Waals surface area contributed by atoms with Gasteiger partial charge in [-0.05, 0) is 18.2 Å². The standard InChI is InChI=1S/C13H12Cl2FN/c1-13(2,3)10-6-8(15)11-9(16)5-4-7(14)12(11)17-10/h4-6H,1-3H3. The van der Waals surface area contributed by atoms with E-state index < -0.39 is 5.82 Å². The molecule has 0 saturated carbocycles. The van der Waals surface area contributed by atoms with Gasteiger partial charge in [0.1, 0.15) is 5.82 Å². The molecule has 0 aliphatic rings. The zero-order chi connectivity index (χ0) is 12.8. The Morgan fingerprint density at radius 2 is 1.76 bits per heavy atom. The summed E-state index contributed by atoms with van der Waals surface area (Å²) >= 11 is 12.1. The molecule has 2 aromatic rings. The van der Waals surface area contributed by atoms with E-state index in [9.17, 15) is 4.39 Å². The molecule has 1 heterocycles. The van der Waals surface area contributed by atoms with Gasteiger partial charge in [-0.1, -0.05) is 44.0 Å². The summed E-state index contributed by atoms with van der Waals surface area (Å²) in [5.41, 5.74) is 1.06. The lowest BCUT2D eigenvalue weighted by atomic mass is 9.91. The van der Waals surface area contributed by atoms with Crippen LogP contribution in [0.4, 0.5) is 4.39 Å². The molecule has 0 amide bonds. The summed E-state index contributed by atoms with van der Waals surface area (Å²) in [6.07, 6.45) is 0. The Morgan fingerprint density at radius 1 is 1.12 bits per heavy atom. The summed E-state index contributed by atoms with van der Waals surface area (Å²) < 4.78 is 13.7. The Kier molecular flexibility index (Phi) is 3.04. The van der Waals surface area contributed by atoms with E-state index in [1.165, 1.54) is 12.1 Å². The number of rotatable bonds is 0. The summed E-state index contributed by atoms with van der Waals surface area (Å²) in [5.74, 6) is -0.401. The summed E-state index contributed by atoms with van der Waals surface area (Å²) in [7, 11) is 0. The summed E-state index contributed by atoms with van der Waals surface area (Å²) in [5, 5.41) is 1.04. The number of pyridine rings is 1. The topological polar surface area (TPSA) is 12.9 Å². The van der Waals surface area contributed by atoms with Crippen LogP contribution in [0, 0.1) is 5.82 Å². The minimum atomic E-state index is -0.401. The molecule has 0 spiro atoms. The molecular formula is C13H12Cl2FN. The van der Waals surface area contributed by atoms with Crippen molar-refractivity contribution >= 4 is 34.1 Å². The third-order valence-corrected chi connectivity index (χ3v) is 3.18. The molecule has 0 aliphatic carbocycles. The minimum Gasteiger partial charge on any atom is -0.250 e. The lowest BCUT2D eigenvalue weighted by Gasteiger charge is -2.19. The number of halogens is 3. The normalized spacial score (nSPS) is 12.1. The van der Waals surface area contributed by atoms with Crippen LogP contribution in [0.15, 0.2) is 18.2 Å². The average Bonchev–Trinajstić information content (AvgIpc) is 2.21. The molecule has 0 saturated heterocycles. The van der Waals surface area contributed by atoms with Gasteiger partial charge in [0.25, 0.3) is 0 Å². The van der Waals surface area contributed by atoms with Crippen molar-refractivity contribution in [1.29, 1.82) is 0 Å². The Labute approximate surface area is 110 Å². The number of benzene rings is 1. The molecule has 0 fully saturated rings. The molecule has 90 valence electrons. The molecule has 0 N–H and O–H groups in total. The SMILES string of the molecule is CC(C)(C)c1cc(Cl)c2c(F)ccc(Cl)c2n1. The van der Waals surface area contributed by atoms with Crippen molar-refractivity contribution in [3.8, 4) is 0 Å². The maximum atomic E-state index is 13.7. The van der Waals surface area contributed by atoms with Crippen molar-refractivity contribution in [3.63, 3.8) is 0 Å². The van der Waals surface area contributed by atoms with E-state index in [0.29, 0.717) is 15.6 Å². The van der Waals surface area contributed by atoms with Crippen molar-refractivity contribution in [2.45, 2.75) is 26.2 Å². The first-order chi connectivity index (χ1) is 7.80. The third kappa shape index (κ3) is 2.24. The molecule has 2 rings (SSSR count). The maximum absolute atomic E-state index is 13.7. The predicted molar refractivity (Wildman–Crippen MR) is 70.4 cm³/mol. The quantitative estimate of drug-likeness (QED) is 0.659. The minimum absolute atomic E-state index is 0.159. The molecule has 0 unspecified atom stereocenters. The molecule has 0 aliphatic heterocycles. The lowest BCUT2D eigenvalue weighted by Crippen LogP contribution is -2.13. The van der Waals surface area contributed by atoms with Gasteiger partial charge in [-0.25, -0.2) is 4.39 Å². The van der Waals surface area contributed by atoms with Crippen molar-refractivity contribution < 1.29 is 4.39 Å². The molecule has 1 aromatic heterocycles. The van der Waals surface area contributed by atoms with Gasteiger partial charge in [0, 0.05) is 11.1 Å². The Hall–Kier alpha value is -0.860. The molecule has 1 aromatic carbocycles. The zero-order valence-electron chi connectivity index (χ0n) is 9.81. The number of hydrogen-bond donors (Lipinski definition) is 0. The molecule has 4 heteroatoms. The van der Waals surface area contributed by atoms with Crippen LogP contribution in [0.1, 0.15) is 26.5 Å². The molecular weight excluding hydrogens is 260 g/mol. The van der Waals surface area contributed by atoms with Crippen LogP contribution in [0.5, 0.6) is 0 Å². The van der Waals surface area contributed by atoms with E-state index in [2.05, 4.69) is 4.98 Å².